The van der Waals surface area contributed by atoms with Gasteiger partial charge in [0.05, 0.1) is 17.0 Å². The number of anilines is 1. The lowest BCUT2D eigenvalue weighted by Crippen LogP contribution is -2.23. The molecule has 7 heteroatoms. The lowest BCUT2D eigenvalue weighted by molar-refractivity contribution is -0.116. The van der Waals surface area contributed by atoms with Crippen molar-refractivity contribution in [3.8, 4) is 0 Å². The Morgan fingerprint density at radius 3 is 2.55 bits per heavy atom. The summed E-state index contributed by atoms with van der Waals surface area (Å²) in [6, 6.07) is 5.85. The van der Waals surface area contributed by atoms with Crippen molar-refractivity contribution in [1.82, 2.24) is 9.78 Å². The van der Waals surface area contributed by atoms with Gasteiger partial charge < -0.3 is 5.32 Å². The molecule has 0 bridgehead atoms. The molecule has 1 aromatic carbocycles. The molecule has 2 amide bonds. The summed E-state index contributed by atoms with van der Waals surface area (Å²) >= 11 is 0. The molecule has 0 radical (unpaired) electrons. The largest absolute Gasteiger partial charge is 0.326 e. The van der Waals surface area contributed by atoms with Gasteiger partial charge in [0, 0.05) is 17.8 Å². The fourth-order valence-electron chi connectivity index (χ4n) is 3.22. The zero-order valence-corrected chi connectivity index (χ0v) is 17.5. The number of carbonyl (C=O) groups excluding carboxylic acids is 2. The zero-order valence-electron chi connectivity index (χ0n) is 17.5. The van der Waals surface area contributed by atoms with Crippen LogP contribution in [0.3, 0.4) is 0 Å². The topological polar surface area (TPSA) is 88.7 Å². The van der Waals surface area contributed by atoms with Gasteiger partial charge in [0.1, 0.15) is 0 Å². The van der Waals surface area contributed by atoms with Crippen molar-refractivity contribution in [2.45, 2.75) is 47.5 Å². The van der Waals surface area contributed by atoms with E-state index >= 15 is 0 Å². The van der Waals surface area contributed by atoms with Crippen molar-refractivity contribution < 1.29 is 9.59 Å². The van der Waals surface area contributed by atoms with Crippen LogP contribution in [-0.4, -0.2) is 33.3 Å². The minimum Gasteiger partial charge on any atom is -0.326 e. The molecule has 3 rings (SSSR count). The SMILES string of the molecule is C=C1C(=O)N=C(n2nc(C)c(CCC(=O)Nc3cccc(C)c3C)c2C)N=C1C. The Hall–Kier alpha value is -3.35. The van der Waals surface area contributed by atoms with Crippen molar-refractivity contribution in [1.29, 1.82) is 0 Å². The monoisotopic (exact) mass is 391 g/mol. The van der Waals surface area contributed by atoms with Gasteiger partial charge in [0.2, 0.25) is 5.91 Å². The average Bonchev–Trinajstić information content (AvgIpc) is 2.95. The number of aryl methyl sites for hydroxylation is 2. The molecule has 0 spiro atoms. The molecule has 1 N–H and O–H groups in total. The molecule has 1 aromatic heterocycles. The van der Waals surface area contributed by atoms with Crippen LogP contribution >= 0.6 is 0 Å². The number of nitrogens with one attached hydrogen (secondary N) is 1. The highest BCUT2D eigenvalue weighted by Crippen LogP contribution is 2.20. The number of amides is 2. The Morgan fingerprint density at radius 1 is 1.14 bits per heavy atom. The van der Waals surface area contributed by atoms with Gasteiger partial charge in [-0.05, 0) is 63.8 Å². The van der Waals surface area contributed by atoms with Crippen molar-refractivity contribution in [2.75, 3.05) is 5.32 Å². The Balaban J connectivity index is 1.75. The van der Waals surface area contributed by atoms with Crippen LogP contribution in [0.1, 0.15) is 41.4 Å². The van der Waals surface area contributed by atoms with Crippen LogP contribution in [-0.2, 0) is 16.0 Å². The summed E-state index contributed by atoms with van der Waals surface area (Å²) in [6.45, 7) is 13.2. The van der Waals surface area contributed by atoms with Crippen LogP contribution in [0.5, 0.6) is 0 Å². The number of benzene rings is 1. The molecule has 0 saturated heterocycles. The molecular formula is C22H25N5O2. The number of carbonyl (C=O) groups is 2. The second-order valence-electron chi connectivity index (χ2n) is 7.25. The molecule has 0 atom stereocenters. The molecule has 29 heavy (non-hydrogen) atoms. The van der Waals surface area contributed by atoms with E-state index < -0.39 is 5.91 Å². The lowest BCUT2D eigenvalue weighted by atomic mass is 10.1. The summed E-state index contributed by atoms with van der Waals surface area (Å²) in [6.07, 6.45) is 0.857. The van der Waals surface area contributed by atoms with E-state index in [0.29, 0.717) is 24.1 Å². The minimum atomic E-state index is -0.408. The van der Waals surface area contributed by atoms with E-state index in [-0.39, 0.29) is 11.9 Å². The lowest BCUT2D eigenvalue weighted by Gasteiger charge is -2.12. The van der Waals surface area contributed by atoms with Gasteiger partial charge in [0.15, 0.2) is 0 Å². The molecule has 1 aliphatic rings. The maximum Gasteiger partial charge on any atom is 0.281 e. The van der Waals surface area contributed by atoms with E-state index in [9.17, 15) is 9.59 Å². The fourth-order valence-corrected chi connectivity index (χ4v) is 3.22. The van der Waals surface area contributed by atoms with Gasteiger partial charge in [-0.1, -0.05) is 18.7 Å². The molecule has 0 fully saturated rings. The Kier molecular flexibility index (Phi) is 5.59. The van der Waals surface area contributed by atoms with Crippen LogP contribution < -0.4 is 5.32 Å². The molecule has 2 heterocycles. The maximum absolute atomic E-state index is 12.5. The Bertz CT molecular complexity index is 1090. The number of aliphatic imine (C=N–C) groups is 2. The second kappa shape index (κ2) is 7.95. The predicted molar refractivity (Wildman–Crippen MR) is 115 cm³/mol. The van der Waals surface area contributed by atoms with Crippen molar-refractivity contribution in [3.63, 3.8) is 0 Å². The summed E-state index contributed by atoms with van der Waals surface area (Å²) in [5.41, 5.74) is 6.41. The van der Waals surface area contributed by atoms with Crippen LogP contribution in [0.4, 0.5) is 5.69 Å². The quantitative estimate of drug-likeness (QED) is 0.810. The van der Waals surface area contributed by atoms with E-state index in [1.165, 1.54) is 0 Å². The van der Waals surface area contributed by atoms with Crippen LogP contribution in [0, 0.1) is 27.7 Å². The molecule has 150 valence electrons. The van der Waals surface area contributed by atoms with Crippen LogP contribution in [0.2, 0.25) is 0 Å². The Labute approximate surface area is 170 Å². The van der Waals surface area contributed by atoms with E-state index in [0.717, 1.165) is 33.8 Å². The van der Waals surface area contributed by atoms with Gasteiger partial charge >= 0.3 is 0 Å². The summed E-state index contributed by atoms with van der Waals surface area (Å²) in [5.74, 6) is -0.235. The van der Waals surface area contributed by atoms with Gasteiger partial charge in [0.25, 0.3) is 11.9 Å². The highest BCUT2D eigenvalue weighted by Gasteiger charge is 2.22. The van der Waals surface area contributed by atoms with E-state index in [1.54, 1.807) is 11.6 Å². The van der Waals surface area contributed by atoms with Gasteiger partial charge in [-0.2, -0.15) is 10.1 Å². The first-order valence-corrected chi connectivity index (χ1v) is 9.48. The third-order valence-corrected chi connectivity index (χ3v) is 5.28. The van der Waals surface area contributed by atoms with Gasteiger partial charge in [-0.25, -0.2) is 9.67 Å². The fraction of sp³-hybridized carbons (Fsp3) is 0.318. The van der Waals surface area contributed by atoms with Crippen LogP contribution in [0.25, 0.3) is 0 Å². The number of hydrogen-bond donors (Lipinski definition) is 1. The highest BCUT2D eigenvalue weighted by atomic mass is 16.2. The first kappa shape index (κ1) is 20.4. The smallest absolute Gasteiger partial charge is 0.281 e. The maximum atomic E-state index is 12.5. The minimum absolute atomic E-state index is 0.0550. The molecule has 0 saturated carbocycles. The van der Waals surface area contributed by atoms with Crippen molar-refractivity contribution >= 4 is 29.2 Å². The number of aromatic nitrogens is 2. The van der Waals surface area contributed by atoms with Crippen LogP contribution in [0.15, 0.2) is 40.3 Å². The zero-order chi connectivity index (χ0) is 21.3. The van der Waals surface area contributed by atoms with Crippen molar-refractivity contribution in [2.24, 2.45) is 9.98 Å². The van der Waals surface area contributed by atoms with E-state index in [1.807, 2.05) is 45.9 Å². The summed E-state index contributed by atoms with van der Waals surface area (Å²) in [5, 5.41) is 7.46. The van der Waals surface area contributed by atoms with E-state index in [4.69, 9.17) is 0 Å². The highest BCUT2D eigenvalue weighted by molar-refractivity contribution is 6.27. The van der Waals surface area contributed by atoms with Gasteiger partial charge in [-0.3, -0.25) is 9.59 Å². The molecular weight excluding hydrogens is 366 g/mol. The third-order valence-electron chi connectivity index (χ3n) is 5.28. The number of hydrogen-bond acceptors (Lipinski definition) is 4. The standard InChI is InChI=1S/C22H25N5O2/c1-12-8-7-9-19(13(12)2)24-20(28)11-10-18-16(5)26-27(17(18)6)22-23-15(4)14(3)21(29)25-22/h7-9H,3,10-11H2,1-2,4-6H3,(H,24,28). The molecule has 0 unspecified atom stereocenters. The predicted octanol–water partition coefficient (Wildman–Crippen LogP) is 3.45. The average molecular weight is 391 g/mol. The number of rotatable bonds is 4. The Morgan fingerprint density at radius 2 is 1.86 bits per heavy atom. The third kappa shape index (κ3) is 4.08. The van der Waals surface area contributed by atoms with Crippen molar-refractivity contribution in [3.05, 3.63) is 58.4 Å². The normalized spacial score (nSPS) is 14.0. The summed E-state index contributed by atoms with van der Waals surface area (Å²) in [7, 11) is 0. The summed E-state index contributed by atoms with van der Waals surface area (Å²) < 4.78 is 1.56. The molecule has 1 aliphatic heterocycles. The first-order valence-electron chi connectivity index (χ1n) is 9.48. The molecule has 7 nitrogen and oxygen atoms in total. The first-order chi connectivity index (χ1) is 13.7. The van der Waals surface area contributed by atoms with Gasteiger partial charge in [-0.15, -0.1) is 0 Å². The molecule has 0 aliphatic carbocycles. The molecule has 2 aromatic rings. The summed E-state index contributed by atoms with van der Waals surface area (Å²) in [4.78, 5) is 32.7. The number of nitrogens with zero attached hydrogens (tertiary/aromatic N) is 4. The van der Waals surface area contributed by atoms with E-state index in [2.05, 4.69) is 27.0 Å². The second-order valence-corrected chi connectivity index (χ2v) is 7.25.